The Morgan fingerprint density at radius 1 is 1.28 bits per heavy atom. The van der Waals surface area contributed by atoms with Crippen molar-refractivity contribution in [2.45, 2.75) is 13.0 Å². The molecule has 25 heavy (non-hydrogen) atoms. The summed E-state index contributed by atoms with van der Waals surface area (Å²) in [4.78, 5) is 2.40. The zero-order valence-electron chi connectivity index (χ0n) is 14.5. The highest BCUT2D eigenvalue weighted by molar-refractivity contribution is 5.63. The van der Waals surface area contributed by atoms with Gasteiger partial charge in [-0.05, 0) is 30.2 Å². The molecule has 132 valence electrons. The summed E-state index contributed by atoms with van der Waals surface area (Å²) in [5.74, 6) is 1.75. The first-order valence-electron chi connectivity index (χ1n) is 8.40. The van der Waals surface area contributed by atoms with Crippen molar-refractivity contribution in [1.29, 1.82) is 0 Å². The van der Waals surface area contributed by atoms with Gasteiger partial charge in [-0.25, -0.2) is 0 Å². The summed E-state index contributed by atoms with van der Waals surface area (Å²) >= 11 is 0. The van der Waals surface area contributed by atoms with Crippen LogP contribution in [0.1, 0.15) is 16.7 Å². The third kappa shape index (κ3) is 4.32. The second-order valence-electron chi connectivity index (χ2n) is 6.14. The van der Waals surface area contributed by atoms with Gasteiger partial charge in [-0.15, -0.1) is 0 Å². The molecule has 2 N–H and O–H groups in total. The van der Waals surface area contributed by atoms with E-state index in [4.69, 9.17) is 14.7 Å². The summed E-state index contributed by atoms with van der Waals surface area (Å²) in [5.41, 5.74) is 5.83. The molecule has 5 nitrogen and oxygen atoms in total. The fourth-order valence-electron chi connectivity index (χ4n) is 2.95. The molecule has 0 radical (unpaired) electrons. The molecule has 0 saturated heterocycles. The molecule has 0 bridgehead atoms. The van der Waals surface area contributed by atoms with E-state index in [1.807, 2.05) is 30.3 Å². The molecule has 2 aromatic rings. The Morgan fingerprint density at radius 2 is 2.08 bits per heavy atom. The van der Waals surface area contributed by atoms with Crippen LogP contribution in [0.25, 0.3) is 5.70 Å². The van der Waals surface area contributed by atoms with Crippen molar-refractivity contribution >= 4 is 5.70 Å². The van der Waals surface area contributed by atoms with E-state index in [0.29, 0.717) is 12.3 Å². The number of nitrogens with zero attached hydrogens (tertiary/aromatic N) is 1. The van der Waals surface area contributed by atoms with Gasteiger partial charge in [0.05, 0.1) is 12.8 Å². The van der Waals surface area contributed by atoms with E-state index >= 15 is 0 Å². The van der Waals surface area contributed by atoms with Crippen LogP contribution in [0.4, 0.5) is 0 Å². The van der Waals surface area contributed by atoms with Crippen LogP contribution in [0.15, 0.2) is 49.0 Å². The first-order valence-corrected chi connectivity index (χ1v) is 8.40. The van der Waals surface area contributed by atoms with E-state index in [0.717, 1.165) is 48.7 Å². The molecule has 1 heterocycles. The third-order valence-electron chi connectivity index (χ3n) is 4.49. The zero-order valence-corrected chi connectivity index (χ0v) is 14.5. The van der Waals surface area contributed by atoms with Crippen LogP contribution in [0.3, 0.4) is 0 Å². The lowest BCUT2D eigenvalue weighted by molar-refractivity contribution is 0.224. The Balaban J connectivity index is 1.64. The van der Waals surface area contributed by atoms with E-state index in [-0.39, 0.29) is 0 Å². The van der Waals surface area contributed by atoms with E-state index < -0.39 is 0 Å². The van der Waals surface area contributed by atoms with Crippen molar-refractivity contribution in [2.24, 2.45) is 0 Å². The topological polar surface area (TPSA) is 54.0 Å². The molecule has 0 saturated carbocycles. The van der Waals surface area contributed by atoms with Crippen LogP contribution in [0.5, 0.6) is 11.5 Å². The zero-order chi connectivity index (χ0) is 17.6. The molecular weight excluding hydrogens is 316 g/mol. The summed E-state index contributed by atoms with van der Waals surface area (Å²) in [5, 5.41) is 8.99. The second kappa shape index (κ2) is 8.05. The highest BCUT2D eigenvalue weighted by Gasteiger charge is 2.16. The standard InChI is InChI=1S/C20H24N2O3/c1-15(21-23)17-5-6-18-14-22(11-12-25-20(18)13-17)10-9-16-3-7-19(24-2)8-4-16/h3-8,13,21,23H,1,9-12,14H2,2H3. The van der Waals surface area contributed by atoms with E-state index in [2.05, 4.69) is 29.1 Å². The number of benzene rings is 2. The molecule has 1 aliphatic rings. The number of rotatable bonds is 6. The number of hydrogen-bond donors (Lipinski definition) is 2. The minimum atomic E-state index is 0.465. The molecule has 0 aromatic heterocycles. The molecule has 0 amide bonds. The van der Waals surface area contributed by atoms with Crippen molar-refractivity contribution < 1.29 is 14.7 Å². The first kappa shape index (κ1) is 17.3. The monoisotopic (exact) mass is 340 g/mol. The summed E-state index contributed by atoms with van der Waals surface area (Å²) in [6.07, 6.45) is 0.989. The van der Waals surface area contributed by atoms with Gasteiger partial charge < -0.3 is 9.47 Å². The predicted octanol–water partition coefficient (Wildman–Crippen LogP) is 3.08. The highest BCUT2D eigenvalue weighted by atomic mass is 16.5. The average Bonchev–Trinajstić information content (AvgIpc) is 2.87. The number of fused-ring (bicyclic) bond motifs is 1. The molecule has 5 heteroatoms. The summed E-state index contributed by atoms with van der Waals surface area (Å²) in [6.45, 7) is 7.14. The molecule has 2 aromatic carbocycles. The van der Waals surface area contributed by atoms with Crippen LogP contribution in [0, 0.1) is 0 Å². The molecule has 3 rings (SSSR count). The highest BCUT2D eigenvalue weighted by Crippen LogP contribution is 2.26. The van der Waals surface area contributed by atoms with Crippen molar-refractivity contribution in [1.82, 2.24) is 10.4 Å². The largest absolute Gasteiger partial charge is 0.497 e. The lowest BCUT2D eigenvalue weighted by Crippen LogP contribution is -2.27. The van der Waals surface area contributed by atoms with Gasteiger partial charge in [-0.3, -0.25) is 15.6 Å². The van der Waals surface area contributed by atoms with Gasteiger partial charge in [-0.2, -0.15) is 0 Å². The van der Waals surface area contributed by atoms with Crippen molar-refractivity contribution in [3.05, 3.63) is 65.7 Å². The second-order valence-corrected chi connectivity index (χ2v) is 6.14. The fourth-order valence-corrected chi connectivity index (χ4v) is 2.95. The molecule has 1 aliphatic heterocycles. The van der Waals surface area contributed by atoms with Crippen LogP contribution in [0.2, 0.25) is 0 Å². The molecule has 0 spiro atoms. The Hall–Kier alpha value is -2.50. The van der Waals surface area contributed by atoms with Gasteiger partial charge in [0, 0.05) is 30.8 Å². The molecule has 0 aliphatic carbocycles. The van der Waals surface area contributed by atoms with Crippen molar-refractivity contribution in [3.63, 3.8) is 0 Å². The van der Waals surface area contributed by atoms with Gasteiger partial charge in [-0.1, -0.05) is 30.8 Å². The van der Waals surface area contributed by atoms with Gasteiger partial charge in [0.25, 0.3) is 0 Å². The SMILES string of the molecule is C=C(NO)c1ccc2c(c1)OCCN(CCc1ccc(OC)cc1)C2. The first-order chi connectivity index (χ1) is 12.2. The lowest BCUT2D eigenvalue weighted by atomic mass is 10.1. The van der Waals surface area contributed by atoms with E-state index in [1.54, 1.807) is 7.11 Å². The number of hydrogen-bond acceptors (Lipinski definition) is 5. The minimum Gasteiger partial charge on any atom is -0.497 e. The summed E-state index contributed by atoms with van der Waals surface area (Å²) in [6, 6.07) is 14.1. The molecular formula is C20H24N2O3. The fraction of sp³-hybridized carbons (Fsp3) is 0.300. The Morgan fingerprint density at radius 3 is 2.80 bits per heavy atom. The Kier molecular flexibility index (Phi) is 5.58. The van der Waals surface area contributed by atoms with Crippen LogP contribution in [-0.2, 0) is 13.0 Å². The minimum absolute atomic E-state index is 0.465. The Labute approximate surface area is 148 Å². The number of hydroxylamine groups is 1. The Bertz CT molecular complexity index is 728. The maximum atomic E-state index is 8.99. The lowest BCUT2D eigenvalue weighted by Gasteiger charge is -2.19. The van der Waals surface area contributed by atoms with Crippen molar-refractivity contribution in [3.8, 4) is 11.5 Å². The average molecular weight is 340 g/mol. The van der Waals surface area contributed by atoms with Gasteiger partial charge in [0.1, 0.15) is 18.1 Å². The summed E-state index contributed by atoms with van der Waals surface area (Å²) in [7, 11) is 1.68. The number of ether oxygens (including phenoxy) is 2. The van der Waals surface area contributed by atoms with Crippen molar-refractivity contribution in [2.75, 3.05) is 26.8 Å². The quantitative estimate of drug-likeness (QED) is 0.792. The van der Waals surface area contributed by atoms with Gasteiger partial charge in [0.2, 0.25) is 0 Å². The molecule has 0 fully saturated rings. The van der Waals surface area contributed by atoms with E-state index in [9.17, 15) is 0 Å². The smallest absolute Gasteiger partial charge is 0.124 e. The van der Waals surface area contributed by atoms with Gasteiger partial charge in [0.15, 0.2) is 0 Å². The number of nitrogens with one attached hydrogen (secondary N) is 1. The maximum absolute atomic E-state index is 8.99. The van der Waals surface area contributed by atoms with E-state index in [1.165, 1.54) is 5.56 Å². The number of methoxy groups -OCH3 is 1. The van der Waals surface area contributed by atoms with Crippen LogP contribution >= 0.6 is 0 Å². The van der Waals surface area contributed by atoms with Crippen LogP contribution < -0.4 is 15.0 Å². The molecule has 0 atom stereocenters. The summed E-state index contributed by atoms with van der Waals surface area (Å²) < 4.78 is 11.1. The predicted molar refractivity (Wildman–Crippen MR) is 97.9 cm³/mol. The van der Waals surface area contributed by atoms with Crippen LogP contribution in [-0.4, -0.2) is 36.9 Å². The normalized spacial score (nSPS) is 14.2. The maximum Gasteiger partial charge on any atom is 0.124 e. The van der Waals surface area contributed by atoms with Gasteiger partial charge >= 0.3 is 0 Å². The third-order valence-corrected chi connectivity index (χ3v) is 4.49. The molecule has 0 unspecified atom stereocenters.